The van der Waals surface area contributed by atoms with Crippen LogP contribution in [0.5, 0.6) is 0 Å². The molecule has 1 aromatic carbocycles. The minimum atomic E-state index is -0.120. The summed E-state index contributed by atoms with van der Waals surface area (Å²) in [6, 6.07) is 9.37. The molecule has 0 saturated carbocycles. The van der Waals surface area contributed by atoms with E-state index in [1.54, 1.807) is 0 Å². The maximum Gasteiger partial charge on any atom is 0.319 e. The number of para-hydroxylation sites is 1. The van der Waals surface area contributed by atoms with Crippen molar-refractivity contribution in [1.82, 2.24) is 10.2 Å². The average Bonchev–Trinajstić information content (AvgIpc) is 2.74. The summed E-state index contributed by atoms with van der Waals surface area (Å²) in [5.74, 6) is 0.585. The Labute approximate surface area is 102 Å². The van der Waals surface area contributed by atoms with Crippen molar-refractivity contribution >= 4 is 11.7 Å². The number of rotatable bonds is 3. The Morgan fingerprint density at radius 1 is 1.41 bits per heavy atom. The van der Waals surface area contributed by atoms with Crippen molar-refractivity contribution in [1.29, 1.82) is 0 Å². The Balaban J connectivity index is 1.71. The van der Waals surface area contributed by atoms with Gasteiger partial charge < -0.3 is 15.5 Å². The predicted octanol–water partition coefficient (Wildman–Crippen LogP) is 1.76. The van der Waals surface area contributed by atoms with Crippen LogP contribution in [0.15, 0.2) is 30.3 Å². The fraction of sp³-hybridized carbons (Fsp3) is 0.462. The van der Waals surface area contributed by atoms with Gasteiger partial charge in [-0.15, -0.1) is 0 Å². The topological polar surface area (TPSA) is 44.4 Å². The summed E-state index contributed by atoms with van der Waals surface area (Å²) >= 11 is 0. The normalized spacial score (nSPS) is 20.2. The van der Waals surface area contributed by atoms with Crippen molar-refractivity contribution < 1.29 is 4.79 Å². The zero-order valence-corrected chi connectivity index (χ0v) is 10.1. The average molecular weight is 233 g/mol. The van der Waals surface area contributed by atoms with E-state index in [1.165, 1.54) is 6.42 Å². The molecular weight excluding hydrogens is 214 g/mol. The van der Waals surface area contributed by atoms with Gasteiger partial charge in [-0.1, -0.05) is 18.2 Å². The largest absolute Gasteiger partial charge is 0.338 e. The third-order valence-corrected chi connectivity index (χ3v) is 3.07. The van der Waals surface area contributed by atoms with Crippen molar-refractivity contribution in [3.63, 3.8) is 0 Å². The molecule has 0 radical (unpaired) electrons. The van der Waals surface area contributed by atoms with Gasteiger partial charge in [0.05, 0.1) is 0 Å². The number of anilines is 1. The van der Waals surface area contributed by atoms with E-state index in [4.69, 9.17) is 0 Å². The number of likely N-dealkylation sites (tertiary alicyclic amines) is 1. The number of benzene rings is 1. The van der Waals surface area contributed by atoms with Crippen molar-refractivity contribution in [2.24, 2.45) is 5.92 Å². The van der Waals surface area contributed by atoms with E-state index >= 15 is 0 Å². The number of nitrogens with zero attached hydrogens (tertiary/aromatic N) is 1. The quantitative estimate of drug-likeness (QED) is 0.835. The van der Waals surface area contributed by atoms with Crippen LogP contribution in [0.1, 0.15) is 6.42 Å². The summed E-state index contributed by atoms with van der Waals surface area (Å²) in [5, 5.41) is 5.73. The highest BCUT2D eigenvalue weighted by molar-refractivity contribution is 5.89. The minimum Gasteiger partial charge on any atom is -0.338 e. The van der Waals surface area contributed by atoms with Gasteiger partial charge in [0.15, 0.2) is 0 Å². The number of carbonyl (C=O) groups is 1. The smallest absolute Gasteiger partial charge is 0.319 e. The van der Waals surface area contributed by atoms with Crippen LogP contribution in [0.2, 0.25) is 0 Å². The number of hydrogen-bond donors (Lipinski definition) is 2. The maximum atomic E-state index is 11.6. The minimum absolute atomic E-state index is 0.120. The number of amides is 2. The monoisotopic (exact) mass is 233 g/mol. The number of hydrogen-bond acceptors (Lipinski definition) is 2. The molecule has 1 aromatic rings. The van der Waals surface area contributed by atoms with E-state index < -0.39 is 0 Å². The van der Waals surface area contributed by atoms with Crippen molar-refractivity contribution in [2.45, 2.75) is 6.42 Å². The summed E-state index contributed by atoms with van der Waals surface area (Å²) in [6.45, 7) is 2.96. The van der Waals surface area contributed by atoms with Gasteiger partial charge in [-0.25, -0.2) is 4.79 Å². The van der Waals surface area contributed by atoms with Gasteiger partial charge in [0.25, 0.3) is 0 Å². The predicted molar refractivity (Wildman–Crippen MR) is 69.1 cm³/mol. The molecule has 1 unspecified atom stereocenters. The van der Waals surface area contributed by atoms with Crippen LogP contribution in [0, 0.1) is 5.92 Å². The Morgan fingerprint density at radius 2 is 2.18 bits per heavy atom. The van der Waals surface area contributed by atoms with Crippen LogP contribution in [0.3, 0.4) is 0 Å². The van der Waals surface area contributed by atoms with E-state index in [9.17, 15) is 4.79 Å². The first-order valence-corrected chi connectivity index (χ1v) is 6.02. The third-order valence-electron chi connectivity index (χ3n) is 3.07. The second-order valence-electron chi connectivity index (χ2n) is 4.62. The molecule has 1 saturated heterocycles. The molecule has 1 aliphatic rings. The number of urea groups is 1. The van der Waals surface area contributed by atoms with Crippen LogP contribution in [-0.2, 0) is 0 Å². The Morgan fingerprint density at radius 3 is 2.82 bits per heavy atom. The van der Waals surface area contributed by atoms with Crippen LogP contribution in [0.25, 0.3) is 0 Å². The molecule has 4 heteroatoms. The van der Waals surface area contributed by atoms with E-state index in [0.717, 1.165) is 25.3 Å². The molecule has 0 aromatic heterocycles. The zero-order valence-electron chi connectivity index (χ0n) is 10.1. The maximum absolute atomic E-state index is 11.6. The van der Waals surface area contributed by atoms with E-state index in [-0.39, 0.29) is 6.03 Å². The molecule has 0 bridgehead atoms. The molecular formula is C13H19N3O. The lowest BCUT2D eigenvalue weighted by Gasteiger charge is -2.12. The lowest BCUT2D eigenvalue weighted by molar-refractivity contribution is 0.250. The standard InChI is InChI=1S/C13H19N3O/c1-16-8-7-11(10-16)9-14-13(17)15-12-5-3-2-4-6-12/h2-6,11H,7-10H2,1H3,(H2,14,15,17). The van der Waals surface area contributed by atoms with Crippen LogP contribution < -0.4 is 10.6 Å². The number of carbonyl (C=O) groups excluding carboxylic acids is 1. The SMILES string of the molecule is CN1CCC(CNC(=O)Nc2ccccc2)C1. The van der Waals surface area contributed by atoms with E-state index in [0.29, 0.717) is 5.92 Å². The lowest BCUT2D eigenvalue weighted by Crippen LogP contribution is -2.33. The van der Waals surface area contributed by atoms with E-state index in [2.05, 4.69) is 22.6 Å². The fourth-order valence-corrected chi connectivity index (χ4v) is 2.13. The molecule has 2 rings (SSSR count). The van der Waals surface area contributed by atoms with Gasteiger partial charge in [-0.2, -0.15) is 0 Å². The van der Waals surface area contributed by atoms with Gasteiger partial charge in [0, 0.05) is 18.8 Å². The third kappa shape index (κ3) is 3.75. The van der Waals surface area contributed by atoms with Crippen LogP contribution >= 0.6 is 0 Å². The first-order valence-electron chi connectivity index (χ1n) is 6.02. The molecule has 0 spiro atoms. The molecule has 1 atom stereocenters. The number of nitrogens with one attached hydrogen (secondary N) is 2. The Kier molecular flexibility index (Phi) is 3.98. The van der Waals surface area contributed by atoms with Crippen LogP contribution in [-0.4, -0.2) is 37.6 Å². The molecule has 92 valence electrons. The summed E-state index contributed by atoms with van der Waals surface area (Å²) < 4.78 is 0. The summed E-state index contributed by atoms with van der Waals surface area (Å²) in [5.41, 5.74) is 0.827. The molecule has 0 aliphatic carbocycles. The molecule has 1 heterocycles. The lowest BCUT2D eigenvalue weighted by atomic mass is 10.1. The Bertz CT molecular complexity index is 366. The first-order chi connectivity index (χ1) is 8.24. The van der Waals surface area contributed by atoms with Gasteiger partial charge in [0.1, 0.15) is 0 Å². The molecule has 1 aliphatic heterocycles. The summed E-state index contributed by atoms with van der Waals surface area (Å²) in [4.78, 5) is 13.9. The van der Waals surface area contributed by atoms with Gasteiger partial charge in [-0.3, -0.25) is 0 Å². The molecule has 2 amide bonds. The Hall–Kier alpha value is -1.55. The summed E-state index contributed by atoms with van der Waals surface area (Å²) in [7, 11) is 2.12. The van der Waals surface area contributed by atoms with Gasteiger partial charge in [-0.05, 0) is 38.1 Å². The van der Waals surface area contributed by atoms with Gasteiger partial charge in [0.2, 0.25) is 0 Å². The molecule has 2 N–H and O–H groups in total. The molecule has 17 heavy (non-hydrogen) atoms. The van der Waals surface area contributed by atoms with E-state index in [1.807, 2.05) is 30.3 Å². The molecule has 1 fully saturated rings. The highest BCUT2D eigenvalue weighted by atomic mass is 16.2. The summed E-state index contributed by atoms with van der Waals surface area (Å²) in [6.07, 6.45) is 1.17. The highest BCUT2D eigenvalue weighted by Gasteiger charge is 2.19. The second-order valence-corrected chi connectivity index (χ2v) is 4.62. The molecule has 4 nitrogen and oxygen atoms in total. The second kappa shape index (κ2) is 5.68. The zero-order chi connectivity index (χ0) is 12.1. The van der Waals surface area contributed by atoms with Crippen LogP contribution in [0.4, 0.5) is 10.5 Å². The van der Waals surface area contributed by atoms with Crippen molar-refractivity contribution in [3.05, 3.63) is 30.3 Å². The van der Waals surface area contributed by atoms with Crippen molar-refractivity contribution in [3.8, 4) is 0 Å². The van der Waals surface area contributed by atoms with Crippen molar-refractivity contribution in [2.75, 3.05) is 32.0 Å². The highest BCUT2D eigenvalue weighted by Crippen LogP contribution is 2.12. The van der Waals surface area contributed by atoms with Gasteiger partial charge >= 0.3 is 6.03 Å². The fourth-order valence-electron chi connectivity index (χ4n) is 2.13. The first kappa shape index (κ1) is 11.9.